The Labute approximate surface area is 153 Å². The van der Waals surface area contributed by atoms with Gasteiger partial charge in [0, 0.05) is 12.1 Å². The van der Waals surface area contributed by atoms with E-state index < -0.39 is 10.0 Å². The number of nitrogens with one attached hydrogen (secondary N) is 2. The molecule has 0 fully saturated rings. The maximum absolute atomic E-state index is 12.5. The van der Waals surface area contributed by atoms with Gasteiger partial charge in [-0.05, 0) is 35.0 Å². The normalized spacial score (nSPS) is 11.4. The molecule has 0 radical (unpaired) electrons. The Hall–Kier alpha value is -2.70. The molecular formula is C20H20N2O3S. The van der Waals surface area contributed by atoms with E-state index in [-0.39, 0.29) is 11.7 Å². The molecule has 3 aromatic carbocycles. The Morgan fingerprint density at radius 3 is 2.27 bits per heavy atom. The smallest absolute Gasteiger partial charge is 0.252 e. The van der Waals surface area contributed by atoms with E-state index in [1.165, 1.54) is 7.05 Å². The van der Waals surface area contributed by atoms with Crippen molar-refractivity contribution in [3.63, 3.8) is 0 Å². The first kappa shape index (κ1) is 18.1. The third kappa shape index (κ3) is 4.28. The van der Waals surface area contributed by atoms with Gasteiger partial charge in [-0.15, -0.1) is 0 Å². The van der Waals surface area contributed by atoms with E-state index in [1.807, 2.05) is 54.6 Å². The lowest BCUT2D eigenvalue weighted by Crippen LogP contribution is -2.23. The molecule has 5 nitrogen and oxygen atoms in total. The summed E-state index contributed by atoms with van der Waals surface area (Å²) in [4.78, 5) is 12.5. The maximum atomic E-state index is 12.5. The van der Waals surface area contributed by atoms with Crippen LogP contribution in [-0.2, 0) is 22.3 Å². The molecule has 0 saturated carbocycles. The largest absolute Gasteiger partial charge is 0.348 e. The first-order chi connectivity index (χ1) is 12.5. The van der Waals surface area contributed by atoms with Crippen LogP contribution >= 0.6 is 0 Å². The molecule has 2 N–H and O–H groups in total. The Kier molecular flexibility index (Phi) is 5.35. The van der Waals surface area contributed by atoms with Crippen LogP contribution in [0.1, 0.15) is 21.5 Å². The maximum Gasteiger partial charge on any atom is 0.252 e. The zero-order chi connectivity index (χ0) is 18.6. The summed E-state index contributed by atoms with van der Waals surface area (Å²) < 4.78 is 25.4. The lowest BCUT2D eigenvalue weighted by atomic mass is 10.0. The zero-order valence-corrected chi connectivity index (χ0v) is 15.2. The van der Waals surface area contributed by atoms with Gasteiger partial charge in [0.15, 0.2) is 0 Å². The molecule has 0 aromatic heterocycles. The van der Waals surface area contributed by atoms with Gasteiger partial charge in [0.25, 0.3) is 5.91 Å². The van der Waals surface area contributed by atoms with Crippen molar-refractivity contribution < 1.29 is 13.2 Å². The number of sulfonamides is 1. The molecule has 1 amide bonds. The number of carbonyl (C=O) groups excluding carboxylic acids is 1. The van der Waals surface area contributed by atoms with Crippen LogP contribution < -0.4 is 10.0 Å². The van der Waals surface area contributed by atoms with E-state index >= 15 is 0 Å². The predicted molar refractivity (Wildman–Crippen MR) is 103 cm³/mol. The number of amides is 1. The quantitative estimate of drug-likeness (QED) is 0.702. The van der Waals surface area contributed by atoms with Gasteiger partial charge < -0.3 is 5.32 Å². The fraction of sp³-hybridized carbons (Fsp3) is 0.150. The van der Waals surface area contributed by atoms with Gasteiger partial charge in [0.1, 0.15) is 0 Å². The molecule has 26 heavy (non-hydrogen) atoms. The minimum absolute atomic E-state index is 0.0633. The Morgan fingerprint density at radius 1 is 0.885 bits per heavy atom. The van der Waals surface area contributed by atoms with Gasteiger partial charge in [0.2, 0.25) is 10.0 Å². The summed E-state index contributed by atoms with van der Waals surface area (Å²) in [5, 5.41) is 4.86. The van der Waals surface area contributed by atoms with Gasteiger partial charge in [-0.25, -0.2) is 13.1 Å². The molecule has 0 aliphatic heterocycles. The highest BCUT2D eigenvalue weighted by atomic mass is 32.2. The molecule has 0 heterocycles. The molecule has 6 heteroatoms. The topological polar surface area (TPSA) is 75.3 Å². The fourth-order valence-electron chi connectivity index (χ4n) is 2.75. The van der Waals surface area contributed by atoms with Crippen LogP contribution in [0.25, 0.3) is 10.8 Å². The third-order valence-electron chi connectivity index (χ3n) is 4.18. The number of fused-ring (bicyclic) bond motifs is 1. The second-order valence-electron chi connectivity index (χ2n) is 5.99. The number of rotatable bonds is 6. The lowest BCUT2D eigenvalue weighted by Gasteiger charge is -2.09. The molecular weight excluding hydrogens is 348 g/mol. The van der Waals surface area contributed by atoms with Gasteiger partial charge >= 0.3 is 0 Å². The molecule has 3 aromatic rings. The average Bonchev–Trinajstić information content (AvgIpc) is 2.66. The molecule has 0 atom stereocenters. The minimum Gasteiger partial charge on any atom is -0.348 e. The molecule has 0 aliphatic rings. The standard InChI is InChI=1S/C20H20N2O3S/c1-21-26(24,25)14-16-11-9-15(10-12-16)13-22-20(23)19-8-4-6-17-5-2-3-7-18(17)19/h2-12,21H,13-14H2,1H3,(H,22,23). The summed E-state index contributed by atoms with van der Waals surface area (Å²) in [6, 6.07) is 20.6. The van der Waals surface area contributed by atoms with E-state index in [0.29, 0.717) is 17.7 Å². The first-order valence-electron chi connectivity index (χ1n) is 8.23. The highest BCUT2D eigenvalue weighted by molar-refractivity contribution is 7.88. The van der Waals surface area contributed by atoms with Crippen molar-refractivity contribution in [3.8, 4) is 0 Å². The van der Waals surface area contributed by atoms with Crippen molar-refractivity contribution in [3.05, 3.63) is 83.4 Å². The summed E-state index contributed by atoms with van der Waals surface area (Å²) in [5.74, 6) is -0.199. The average molecular weight is 368 g/mol. The van der Waals surface area contributed by atoms with Crippen LogP contribution in [0.15, 0.2) is 66.7 Å². The molecule has 3 rings (SSSR count). The van der Waals surface area contributed by atoms with Crippen LogP contribution in [0.2, 0.25) is 0 Å². The van der Waals surface area contributed by atoms with Crippen molar-refractivity contribution >= 4 is 26.7 Å². The second-order valence-corrected chi connectivity index (χ2v) is 7.92. The van der Waals surface area contributed by atoms with E-state index in [9.17, 15) is 13.2 Å². The zero-order valence-electron chi connectivity index (χ0n) is 14.4. The van der Waals surface area contributed by atoms with Crippen molar-refractivity contribution in [2.45, 2.75) is 12.3 Å². The van der Waals surface area contributed by atoms with Crippen LogP contribution in [-0.4, -0.2) is 21.4 Å². The van der Waals surface area contributed by atoms with Gasteiger partial charge in [-0.3, -0.25) is 4.79 Å². The molecule has 0 unspecified atom stereocenters. The van der Waals surface area contributed by atoms with Crippen molar-refractivity contribution in [2.24, 2.45) is 0 Å². The van der Waals surface area contributed by atoms with E-state index in [0.717, 1.165) is 16.3 Å². The summed E-state index contributed by atoms with van der Waals surface area (Å²) in [6.07, 6.45) is 0. The minimum atomic E-state index is -3.29. The second kappa shape index (κ2) is 7.68. The molecule has 0 bridgehead atoms. The number of carbonyl (C=O) groups is 1. The van der Waals surface area contributed by atoms with Crippen LogP contribution in [0.4, 0.5) is 0 Å². The number of hydrogen-bond acceptors (Lipinski definition) is 3. The van der Waals surface area contributed by atoms with Crippen molar-refractivity contribution in [2.75, 3.05) is 7.05 Å². The van der Waals surface area contributed by atoms with Crippen LogP contribution in [0, 0.1) is 0 Å². The number of benzene rings is 3. The van der Waals surface area contributed by atoms with Crippen LogP contribution in [0.3, 0.4) is 0 Å². The predicted octanol–water partition coefficient (Wildman–Crippen LogP) is 2.82. The van der Waals surface area contributed by atoms with Gasteiger partial charge in [-0.2, -0.15) is 0 Å². The first-order valence-corrected chi connectivity index (χ1v) is 9.89. The Morgan fingerprint density at radius 2 is 1.54 bits per heavy atom. The molecule has 0 saturated heterocycles. The van der Waals surface area contributed by atoms with E-state index in [4.69, 9.17) is 0 Å². The van der Waals surface area contributed by atoms with E-state index in [2.05, 4.69) is 10.0 Å². The SMILES string of the molecule is CNS(=O)(=O)Cc1ccc(CNC(=O)c2cccc3ccccc23)cc1. The summed E-state index contributed by atoms with van der Waals surface area (Å²) in [7, 11) is -1.89. The highest BCUT2D eigenvalue weighted by Gasteiger charge is 2.10. The summed E-state index contributed by atoms with van der Waals surface area (Å²) in [5.41, 5.74) is 2.24. The van der Waals surface area contributed by atoms with Crippen molar-refractivity contribution in [1.82, 2.24) is 10.0 Å². The van der Waals surface area contributed by atoms with Crippen molar-refractivity contribution in [1.29, 1.82) is 0 Å². The van der Waals surface area contributed by atoms with Crippen LogP contribution in [0.5, 0.6) is 0 Å². The Bertz CT molecular complexity index is 1020. The fourth-order valence-corrected chi connectivity index (χ4v) is 3.52. The molecule has 0 aliphatic carbocycles. The van der Waals surface area contributed by atoms with Gasteiger partial charge in [-0.1, -0.05) is 60.7 Å². The molecule has 0 spiro atoms. The highest BCUT2D eigenvalue weighted by Crippen LogP contribution is 2.18. The monoisotopic (exact) mass is 368 g/mol. The van der Waals surface area contributed by atoms with E-state index in [1.54, 1.807) is 12.1 Å². The summed E-state index contributed by atoms with van der Waals surface area (Å²) >= 11 is 0. The Balaban J connectivity index is 1.68. The lowest BCUT2D eigenvalue weighted by molar-refractivity contribution is 0.0952. The third-order valence-corrected chi connectivity index (χ3v) is 5.51. The summed E-state index contributed by atoms with van der Waals surface area (Å²) in [6.45, 7) is 0.376. The number of hydrogen-bond donors (Lipinski definition) is 2. The molecule has 134 valence electrons. The van der Waals surface area contributed by atoms with Gasteiger partial charge in [0.05, 0.1) is 5.75 Å².